The van der Waals surface area contributed by atoms with Gasteiger partial charge in [0.2, 0.25) is 0 Å². The lowest BCUT2D eigenvalue weighted by Gasteiger charge is -2.09. The normalized spacial score (nSPS) is 12.0. The number of esters is 1. The van der Waals surface area contributed by atoms with Crippen molar-refractivity contribution in [3.05, 3.63) is 66.2 Å². The predicted octanol–water partition coefficient (Wildman–Crippen LogP) is 4.07. The Balaban J connectivity index is 1.98. The number of alkyl halides is 3. The molecule has 0 atom stereocenters. The lowest BCUT2D eigenvalue weighted by Crippen LogP contribution is -2.12. The Labute approximate surface area is 177 Å². The Morgan fingerprint density at radius 1 is 1.10 bits per heavy atom. The first-order valence-electron chi connectivity index (χ1n) is 9.21. The lowest BCUT2D eigenvalue weighted by atomic mass is 10.1. The van der Waals surface area contributed by atoms with Crippen LogP contribution in [0.15, 0.2) is 59.6 Å². The van der Waals surface area contributed by atoms with Crippen LogP contribution in [-0.2, 0) is 32.0 Å². The molecule has 0 N–H and O–H groups in total. The summed E-state index contributed by atoms with van der Waals surface area (Å²) in [6.45, 7) is 1.70. The van der Waals surface area contributed by atoms with Gasteiger partial charge in [0.15, 0.2) is 15.5 Å². The zero-order valence-corrected chi connectivity index (χ0v) is 17.5. The first-order valence-corrected chi connectivity index (χ1v) is 11.1. The zero-order valence-electron chi connectivity index (χ0n) is 16.7. The van der Waals surface area contributed by atoms with E-state index in [2.05, 4.69) is 4.98 Å². The van der Waals surface area contributed by atoms with Gasteiger partial charge in [0.25, 0.3) is 0 Å². The van der Waals surface area contributed by atoms with Crippen LogP contribution in [0.1, 0.15) is 18.4 Å². The molecule has 1 aromatic heterocycles. The van der Waals surface area contributed by atoms with Crippen LogP contribution in [0, 0.1) is 0 Å². The Morgan fingerprint density at radius 3 is 2.35 bits per heavy atom. The largest absolute Gasteiger partial charge is 0.466 e. The maximum atomic E-state index is 13.2. The molecule has 0 aliphatic rings. The van der Waals surface area contributed by atoms with Gasteiger partial charge in [-0.15, -0.1) is 0 Å². The summed E-state index contributed by atoms with van der Waals surface area (Å²) in [6, 6.07) is 12.8. The number of halogens is 3. The van der Waals surface area contributed by atoms with Crippen LogP contribution in [0.5, 0.6) is 0 Å². The van der Waals surface area contributed by atoms with Gasteiger partial charge >= 0.3 is 12.1 Å². The quantitative estimate of drug-likeness (QED) is 0.527. The van der Waals surface area contributed by atoms with Crippen LogP contribution in [-0.4, -0.2) is 36.8 Å². The van der Waals surface area contributed by atoms with E-state index in [-0.39, 0.29) is 17.3 Å². The summed E-state index contributed by atoms with van der Waals surface area (Å²) in [5.41, 5.74) is 0.572. The molecule has 0 bridgehead atoms. The van der Waals surface area contributed by atoms with E-state index in [9.17, 15) is 26.4 Å². The van der Waals surface area contributed by atoms with Crippen LogP contribution in [0.25, 0.3) is 16.8 Å². The van der Waals surface area contributed by atoms with Crippen LogP contribution in [0.3, 0.4) is 0 Å². The molecule has 0 radical (unpaired) electrons. The minimum atomic E-state index is -4.67. The van der Waals surface area contributed by atoms with E-state index in [1.807, 2.05) is 0 Å². The Bertz CT molecular complexity index is 1200. The van der Waals surface area contributed by atoms with Crippen molar-refractivity contribution in [1.29, 1.82) is 0 Å². The molecule has 6 nitrogen and oxygen atoms in total. The van der Waals surface area contributed by atoms with Gasteiger partial charge in [0.05, 0.1) is 11.5 Å². The first-order chi connectivity index (χ1) is 14.5. The molecule has 2 aromatic carbocycles. The van der Waals surface area contributed by atoms with Crippen molar-refractivity contribution in [2.45, 2.75) is 24.4 Å². The van der Waals surface area contributed by atoms with E-state index < -0.39 is 34.1 Å². The number of benzene rings is 2. The minimum absolute atomic E-state index is 0.0994. The molecule has 0 unspecified atom stereocenters. The van der Waals surface area contributed by atoms with Gasteiger partial charge in [-0.05, 0) is 42.3 Å². The molecule has 0 spiro atoms. The number of hydrogen-bond acceptors (Lipinski definition) is 5. The Kier molecular flexibility index (Phi) is 6.21. The summed E-state index contributed by atoms with van der Waals surface area (Å²) >= 11 is 0. The van der Waals surface area contributed by atoms with Gasteiger partial charge in [0.1, 0.15) is 12.2 Å². The maximum absolute atomic E-state index is 13.2. The predicted molar refractivity (Wildman–Crippen MR) is 107 cm³/mol. The van der Waals surface area contributed by atoms with E-state index in [1.165, 1.54) is 16.7 Å². The van der Waals surface area contributed by atoms with Gasteiger partial charge in [-0.2, -0.15) is 13.2 Å². The molecular weight excluding hydrogens is 433 g/mol. The SMILES string of the molecule is CCOC(=O)Cc1nc(C(F)(F)F)cn1-c1ccc(-c2cccc(S(C)(=O)=O)c2)cc1. The molecule has 1 heterocycles. The van der Waals surface area contributed by atoms with Gasteiger partial charge in [-0.1, -0.05) is 24.3 Å². The molecule has 0 saturated carbocycles. The highest BCUT2D eigenvalue weighted by Gasteiger charge is 2.35. The molecular formula is C21H19F3N2O4S. The fraction of sp³-hybridized carbons (Fsp3) is 0.238. The molecule has 0 amide bonds. The third-order valence-electron chi connectivity index (χ3n) is 4.42. The van der Waals surface area contributed by atoms with Crippen LogP contribution < -0.4 is 0 Å². The van der Waals surface area contributed by atoms with E-state index in [1.54, 1.807) is 43.3 Å². The molecule has 164 valence electrons. The summed E-state index contributed by atoms with van der Waals surface area (Å²) in [7, 11) is -3.38. The molecule has 0 saturated heterocycles. The topological polar surface area (TPSA) is 78.3 Å². The molecule has 31 heavy (non-hydrogen) atoms. The van der Waals surface area contributed by atoms with Crippen LogP contribution in [0.4, 0.5) is 13.2 Å². The highest BCUT2D eigenvalue weighted by molar-refractivity contribution is 7.90. The highest BCUT2D eigenvalue weighted by Crippen LogP contribution is 2.30. The van der Waals surface area contributed by atoms with Crippen molar-refractivity contribution >= 4 is 15.8 Å². The van der Waals surface area contributed by atoms with Crippen molar-refractivity contribution in [2.24, 2.45) is 0 Å². The number of nitrogens with zero attached hydrogens (tertiary/aromatic N) is 2. The lowest BCUT2D eigenvalue weighted by molar-refractivity contribution is -0.143. The number of imidazole rings is 1. The van der Waals surface area contributed by atoms with Gasteiger partial charge in [-0.25, -0.2) is 13.4 Å². The number of hydrogen-bond donors (Lipinski definition) is 0. The summed E-state index contributed by atoms with van der Waals surface area (Å²) < 4.78 is 69.0. The van der Waals surface area contributed by atoms with Gasteiger partial charge in [0, 0.05) is 18.1 Å². The number of rotatable bonds is 6. The standard InChI is InChI=1S/C21H19F3N2O4S/c1-3-30-20(27)12-19-25-18(21(22,23)24)13-26(19)16-9-7-14(8-10-16)15-5-4-6-17(11-15)31(2,28)29/h4-11,13H,3,12H2,1-2H3. The number of carbonyl (C=O) groups excluding carboxylic acids is 1. The number of aromatic nitrogens is 2. The first kappa shape index (κ1) is 22.5. The molecule has 3 rings (SSSR count). The fourth-order valence-corrected chi connectivity index (χ4v) is 3.63. The van der Waals surface area contributed by atoms with Gasteiger partial charge in [-0.3, -0.25) is 4.79 Å². The van der Waals surface area contributed by atoms with E-state index in [0.717, 1.165) is 12.5 Å². The second-order valence-electron chi connectivity index (χ2n) is 6.74. The number of ether oxygens (including phenoxy) is 1. The van der Waals surface area contributed by atoms with Crippen molar-refractivity contribution in [3.8, 4) is 16.8 Å². The van der Waals surface area contributed by atoms with Gasteiger partial charge < -0.3 is 9.30 Å². The van der Waals surface area contributed by atoms with E-state index >= 15 is 0 Å². The van der Waals surface area contributed by atoms with E-state index in [0.29, 0.717) is 16.8 Å². The molecule has 0 fully saturated rings. The number of carbonyl (C=O) groups is 1. The number of sulfone groups is 1. The van der Waals surface area contributed by atoms with E-state index in [4.69, 9.17) is 4.74 Å². The minimum Gasteiger partial charge on any atom is -0.466 e. The van der Waals surface area contributed by atoms with Crippen LogP contribution >= 0.6 is 0 Å². The molecule has 0 aliphatic heterocycles. The van der Waals surface area contributed by atoms with Crippen molar-refractivity contribution in [2.75, 3.05) is 12.9 Å². The molecule has 3 aromatic rings. The van der Waals surface area contributed by atoms with Crippen molar-refractivity contribution < 1.29 is 31.1 Å². The zero-order chi connectivity index (χ0) is 22.8. The van der Waals surface area contributed by atoms with Crippen molar-refractivity contribution in [3.63, 3.8) is 0 Å². The average molecular weight is 452 g/mol. The monoisotopic (exact) mass is 452 g/mol. The Hall–Kier alpha value is -3.14. The smallest absolute Gasteiger partial charge is 0.434 e. The summed E-state index contributed by atoms with van der Waals surface area (Å²) in [5, 5.41) is 0. The van der Waals surface area contributed by atoms with Crippen molar-refractivity contribution in [1.82, 2.24) is 9.55 Å². The third kappa shape index (κ3) is 5.32. The summed E-state index contributed by atoms with van der Waals surface area (Å²) in [6.07, 6.45) is -3.14. The second kappa shape index (κ2) is 8.54. The summed E-state index contributed by atoms with van der Waals surface area (Å²) in [5.74, 6) is -0.783. The average Bonchev–Trinajstić information content (AvgIpc) is 3.12. The maximum Gasteiger partial charge on any atom is 0.434 e. The second-order valence-corrected chi connectivity index (χ2v) is 8.75. The summed E-state index contributed by atoms with van der Waals surface area (Å²) in [4.78, 5) is 15.5. The molecule has 0 aliphatic carbocycles. The Morgan fingerprint density at radius 2 is 1.77 bits per heavy atom. The van der Waals surface area contributed by atoms with Crippen LogP contribution in [0.2, 0.25) is 0 Å². The third-order valence-corrected chi connectivity index (χ3v) is 5.53. The highest BCUT2D eigenvalue weighted by atomic mass is 32.2. The molecule has 10 heteroatoms. The fourth-order valence-electron chi connectivity index (χ4n) is 2.97.